The molecule has 0 fully saturated rings. The fraction of sp³-hybridized carbons (Fsp3) is 0.111. The zero-order valence-electron chi connectivity index (χ0n) is 13.7. The number of hydrogen-bond acceptors (Lipinski definition) is 5. The van der Waals surface area contributed by atoms with Gasteiger partial charge in [0.15, 0.2) is 0 Å². The molecule has 3 aromatic rings. The number of hydrogen-bond donors (Lipinski definition) is 1. The zero-order valence-corrected chi connectivity index (χ0v) is 14.5. The van der Waals surface area contributed by atoms with E-state index >= 15 is 0 Å². The second-order valence-electron chi connectivity index (χ2n) is 5.52. The highest BCUT2D eigenvalue weighted by Crippen LogP contribution is 2.27. The summed E-state index contributed by atoms with van der Waals surface area (Å²) in [5.41, 5.74) is 2.06. The third-order valence-electron chi connectivity index (χ3n) is 3.58. The number of pyridine rings is 1. The van der Waals surface area contributed by atoms with Crippen molar-refractivity contribution in [1.29, 1.82) is 0 Å². The lowest BCUT2D eigenvalue weighted by Gasteiger charge is -2.11. The minimum Gasteiger partial charge on any atom is -0.379 e. The van der Waals surface area contributed by atoms with Crippen molar-refractivity contribution in [2.75, 3.05) is 5.32 Å². The van der Waals surface area contributed by atoms with Gasteiger partial charge in [0.1, 0.15) is 10.6 Å². The van der Waals surface area contributed by atoms with E-state index in [1.54, 1.807) is 36.5 Å². The lowest BCUT2D eigenvalue weighted by atomic mass is 10.1. The van der Waals surface area contributed by atoms with Crippen molar-refractivity contribution in [1.82, 2.24) is 4.98 Å². The largest absolute Gasteiger partial charge is 0.379 e. The van der Waals surface area contributed by atoms with Gasteiger partial charge in [-0.2, -0.15) is 8.42 Å². The molecule has 0 saturated heterocycles. The summed E-state index contributed by atoms with van der Waals surface area (Å²) in [7, 11) is -4.02. The molecule has 2 aromatic carbocycles. The molecule has 1 aromatic heterocycles. The van der Waals surface area contributed by atoms with E-state index in [0.717, 1.165) is 5.56 Å². The molecular formula is C18H16N2O4S. The highest BCUT2D eigenvalue weighted by molar-refractivity contribution is 7.87. The Morgan fingerprint density at radius 3 is 2.48 bits per heavy atom. The molecule has 0 aliphatic carbocycles. The van der Waals surface area contributed by atoms with Gasteiger partial charge in [-0.3, -0.25) is 9.78 Å². The molecule has 1 heterocycles. The molecule has 0 aliphatic rings. The van der Waals surface area contributed by atoms with Crippen LogP contribution in [0.15, 0.2) is 59.6 Å². The molecule has 25 heavy (non-hydrogen) atoms. The minimum atomic E-state index is -4.02. The van der Waals surface area contributed by atoms with E-state index in [-0.39, 0.29) is 16.6 Å². The first-order chi connectivity index (χ1) is 11.9. The molecule has 0 atom stereocenters. The number of carbonyl (C=O) groups excluding carboxylic acids is 1. The van der Waals surface area contributed by atoms with Gasteiger partial charge in [0.05, 0.1) is 5.52 Å². The molecule has 0 saturated carbocycles. The molecule has 0 aliphatic heterocycles. The lowest BCUT2D eigenvalue weighted by Crippen LogP contribution is -2.11. The van der Waals surface area contributed by atoms with Crippen LogP contribution in [-0.4, -0.2) is 19.3 Å². The molecule has 3 rings (SSSR count). The van der Waals surface area contributed by atoms with Crippen molar-refractivity contribution in [2.24, 2.45) is 0 Å². The summed E-state index contributed by atoms with van der Waals surface area (Å²) in [5.74, 6) is -0.0494. The molecule has 6 nitrogen and oxygen atoms in total. The smallest absolute Gasteiger partial charge is 0.339 e. The maximum atomic E-state index is 12.7. The van der Waals surface area contributed by atoms with Crippen LogP contribution in [0.5, 0.6) is 5.75 Å². The predicted molar refractivity (Wildman–Crippen MR) is 95.0 cm³/mol. The Morgan fingerprint density at radius 1 is 1.08 bits per heavy atom. The molecule has 128 valence electrons. The Balaban J connectivity index is 1.95. The average Bonchev–Trinajstić information content (AvgIpc) is 2.56. The quantitative estimate of drug-likeness (QED) is 0.725. The molecule has 0 bridgehead atoms. The Morgan fingerprint density at radius 2 is 1.80 bits per heavy atom. The average molecular weight is 356 g/mol. The Bertz CT molecular complexity index is 1040. The van der Waals surface area contributed by atoms with E-state index in [0.29, 0.717) is 16.6 Å². The summed E-state index contributed by atoms with van der Waals surface area (Å²) < 4.78 is 30.6. The van der Waals surface area contributed by atoms with Gasteiger partial charge in [-0.05, 0) is 55.0 Å². The number of nitrogens with one attached hydrogen (secondary N) is 1. The van der Waals surface area contributed by atoms with Crippen molar-refractivity contribution < 1.29 is 17.4 Å². The lowest BCUT2D eigenvalue weighted by molar-refractivity contribution is -0.114. The van der Waals surface area contributed by atoms with E-state index in [4.69, 9.17) is 4.18 Å². The fourth-order valence-corrected chi connectivity index (χ4v) is 3.60. The van der Waals surface area contributed by atoms with E-state index in [1.807, 2.05) is 6.92 Å². The van der Waals surface area contributed by atoms with Crippen LogP contribution in [0.1, 0.15) is 12.5 Å². The fourth-order valence-electron chi connectivity index (χ4n) is 2.47. The number of carbonyl (C=O) groups is 1. The van der Waals surface area contributed by atoms with E-state index in [1.165, 1.54) is 25.1 Å². The number of aryl methyl sites for hydroxylation is 1. The highest BCUT2D eigenvalue weighted by atomic mass is 32.2. The first-order valence-electron chi connectivity index (χ1n) is 7.53. The summed E-state index contributed by atoms with van der Waals surface area (Å²) in [6.07, 6.45) is 1.62. The topological polar surface area (TPSA) is 85.4 Å². The number of amides is 1. The van der Waals surface area contributed by atoms with Gasteiger partial charge in [0.25, 0.3) is 0 Å². The molecule has 7 heteroatoms. The Hall–Kier alpha value is -2.93. The van der Waals surface area contributed by atoms with Gasteiger partial charge in [0, 0.05) is 24.2 Å². The standard InChI is InChI=1S/C18H16N2O4S/c1-12-5-10-17(16-4-3-11-19-18(12)16)25(22,23)24-15-8-6-14(7-9-15)20-13(2)21/h3-11H,1-2H3,(H,20,21). The molecule has 0 radical (unpaired) electrons. The van der Waals surface area contributed by atoms with Crippen LogP contribution < -0.4 is 9.50 Å². The van der Waals surface area contributed by atoms with Gasteiger partial charge in [-0.25, -0.2) is 0 Å². The molecular weight excluding hydrogens is 340 g/mol. The zero-order chi connectivity index (χ0) is 18.0. The Labute approximate surface area is 145 Å². The number of fused-ring (bicyclic) bond motifs is 1. The number of benzene rings is 2. The number of rotatable bonds is 4. The normalized spacial score (nSPS) is 11.3. The van der Waals surface area contributed by atoms with E-state index in [9.17, 15) is 13.2 Å². The van der Waals surface area contributed by atoms with Crippen LogP contribution in [0.4, 0.5) is 5.69 Å². The van der Waals surface area contributed by atoms with Gasteiger partial charge in [0.2, 0.25) is 5.91 Å². The van der Waals surface area contributed by atoms with Crippen LogP contribution in [0.25, 0.3) is 10.9 Å². The first-order valence-corrected chi connectivity index (χ1v) is 8.94. The van der Waals surface area contributed by atoms with Crippen molar-refractivity contribution in [3.8, 4) is 5.75 Å². The van der Waals surface area contributed by atoms with Gasteiger partial charge in [-0.1, -0.05) is 6.07 Å². The summed E-state index contributed by atoms with van der Waals surface area (Å²) in [6.45, 7) is 3.26. The van der Waals surface area contributed by atoms with Gasteiger partial charge < -0.3 is 9.50 Å². The van der Waals surface area contributed by atoms with Crippen LogP contribution in [0, 0.1) is 6.92 Å². The van der Waals surface area contributed by atoms with E-state index < -0.39 is 10.1 Å². The van der Waals surface area contributed by atoms with E-state index in [2.05, 4.69) is 10.3 Å². The predicted octanol–water partition coefficient (Wildman–Crippen LogP) is 3.27. The third-order valence-corrected chi connectivity index (χ3v) is 4.89. The maximum Gasteiger partial charge on any atom is 0.339 e. The number of anilines is 1. The monoisotopic (exact) mass is 356 g/mol. The van der Waals surface area contributed by atoms with Crippen molar-refractivity contribution in [3.63, 3.8) is 0 Å². The molecule has 1 amide bonds. The second kappa shape index (κ2) is 6.52. The van der Waals surface area contributed by atoms with Crippen LogP contribution in [-0.2, 0) is 14.9 Å². The van der Waals surface area contributed by atoms with Crippen molar-refractivity contribution in [2.45, 2.75) is 18.7 Å². The van der Waals surface area contributed by atoms with Gasteiger partial charge in [-0.15, -0.1) is 0 Å². The van der Waals surface area contributed by atoms with Crippen LogP contribution in [0.2, 0.25) is 0 Å². The highest BCUT2D eigenvalue weighted by Gasteiger charge is 2.20. The summed E-state index contributed by atoms with van der Waals surface area (Å²) in [5, 5.41) is 3.12. The second-order valence-corrected chi connectivity index (χ2v) is 7.04. The number of aromatic nitrogens is 1. The summed E-state index contributed by atoms with van der Waals surface area (Å²) >= 11 is 0. The van der Waals surface area contributed by atoms with Crippen molar-refractivity contribution in [3.05, 3.63) is 60.3 Å². The van der Waals surface area contributed by atoms with Crippen molar-refractivity contribution >= 4 is 32.6 Å². The first kappa shape index (κ1) is 16.9. The third kappa shape index (κ3) is 3.61. The van der Waals surface area contributed by atoms with Gasteiger partial charge >= 0.3 is 10.1 Å². The van der Waals surface area contributed by atoms with Crippen LogP contribution in [0.3, 0.4) is 0 Å². The molecule has 0 unspecified atom stereocenters. The summed E-state index contributed by atoms with van der Waals surface area (Å²) in [6, 6.07) is 12.7. The summed E-state index contributed by atoms with van der Waals surface area (Å²) in [4.78, 5) is 15.3. The van der Waals surface area contributed by atoms with Crippen LogP contribution >= 0.6 is 0 Å². The minimum absolute atomic E-state index is 0.0622. The SMILES string of the molecule is CC(=O)Nc1ccc(OS(=O)(=O)c2ccc(C)c3ncccc23)cc1. The number of nitrogens with zero attached hydrogens (tertiary/aromatic N) is 1. The maximum absolute atomic E-state index is 12.7. The molecule has 1 N–H and O–H groups in total. The molecule has 0 spiro atoms. The Kier molecular flexibility index (Phi) is 4.41.